The van der Waals surface area contributed by atoms with Gasteiger partial charge in [-0.2, -0.15) is 5.10 Å². The van der Waals surface area contributed by atoms with Gasteiger partial charge in [-0.05, 0) is 23.6 Å². The minimum Gasteiger partial charge on any atom is -0.272 e. The Bertz CT molecular complexity index is 972. The number of rotatable bonds is 9. The molecular formula is C21H20N4OS3. The van der Waals surface area contributed by atoms with Gasteiger partial charge in [-0.1, -0.05) is 102 Å². The average Bonchev–Trinajstić information content (AvgIpc) is 3.20. The summed E-state index contributed by atoms with van der Waals surface area (Å²) < 4.78 is 1.68. The zero-order chi connectivity index (χ0) is 20.3. The molecule has 2 aromatic carbocycles. The SMILES string of the molecule is CC(/C=N/NC(=O)CSc1nnc(SCc2ccccc2)s1)=C\c1ccccc1. The van der Waals surface area contributed by atoms with E-state index in [0.29, 0.717) is 0 Å². The number of benzene rings is 2. The van der Waals surface area contributed by atoms with Crippen molar-refractivity contribution in [3.8, 4) is 0 Å². The third kappa shape index (κ3) is 7.84. The lowest BCUT2D eigenvalue weighted by Gasteiger charge is -1.98. The first-order valence-electron chi connectivity index (χ1n) is 8.87. The normalized spacial score (nSPS) is 11.7. The summed E-state index contributed by atoms with van der Waals surface area (Å²) in [6.45, 7) is 1.94. The zero-order valence-corrected chi connectivity index (χ0v) is 18.3. The van der Waals surface area contributed by atoms with Crippen molar-refractivity contribution in [2.45, 2.75) is 21.4 Å². The van der Waals surface area contributed by atoms with Crippen LogP contribution in [-0.2, 0) is 10.5 Å². The largest absolute Gasteiger partial charge is 0.272 e. The maximum absolute atomic E-state index is 12.0. The van der Waals surface area contributed by atoms with E-state index in [9.17, 15) is 4.79 Å². The highest BCUT2D eigenvalue weighted by molar-refractivity contribution is 8.03. The van der Waals surface area contributed by atoms with Crippen LogP contribution in [0.3, 0.4) is 0 Å². The minimum absolute atomic E-state index is 0.174. The first-order valence-corrected chi connectivity index (χ1v) is 11.7. The van der Waals surface area contributed by atoms with Gasteiger partial charge in [0, 0.05) is 5.75 Å². The second-order valence-corrected chi connectivity index (χ2v) is 9.41. The maximum Gasteiger partial charge on any atom is 0.250 e. The fourth-order valence-corrected chi connectivity index (χ4v) is 5.02. The monoisotopic (exact) mass is 440 g/mol. The number of amides is 1. The zero-order valence-electron chi connectivity index (χ0n) is 15.8. The number of hydrogen-bond donors (Lipinski definition) is 1. The molecule has 0 aliphatic heterocycles. The van der Waals surface area contributed by atoms with E-state index >= 15 is 0 Å². The molecule has 0 unspecified atom stereocenters. The maximum atomic E-state index is 12.0. The Morgan fingerprint density at radius 1 is 1.03 bits per heavy atom. The number of aromatic nitrogens is 2. The van der Waals surface area contributed by atoms with Crippen LogP contribution in [0.15, 0.2) is 80.0 Å². The Kier molecular flexibility index (Phi) is 8.48. The highest BCUT2D eigenvalue weighted by atomic mass is 32.2. The van der Waals surface area contributed by atoms with Gasteiger partial charge < -0.3 is 0 Å². The van der Waals surface area contributed by atoms with Crippen LogP contribution < -0.4 is 5.43 Å². The molecule has 0 aliphatic carbocycles. The van der Waals surface area contributed by atoms with Gasteiger partial charge in [-0.3, -0.25) is 4.79 Å². The highest BCUT2D eigenvalue weighted by Crippen LogP contribution is 2.30. The molecule has 0 saturated heterocycles. The van der Waals surface area contributed by atoms with E-state index in [1.54, 1.807) is 18.0 Å². The van der Waals surface area contributed by atoms with Crippen LogP contribution in [0.5, 0.6) is 0 Å². The fourth-order valence-electron chi connectivity index (χ4n) is 2.25. The third-order valence-electron chi connectivity index (χ3n) is 3.57. The van der Waals surface area contributed by atoms with E-state index < -0.39 is 0 Å². The Hall–Kier alpha value is -2.42. The summed E-state index contributed by atoms with van der Waals surface area (Å²) in [5.41, 5.74) is 5.83. The molecular weight excluding hydrogens is 420 g/mol. The molecule has 1 amide bonds. The molecule has 3 aromatic rings. The van der Waals surface area contributed by atoms with Crippen LogP contribution >= 0.6 is 34.9 Å². The molecule has 0 aliphatic rings. The van der Waals surface area contributed by atoms with E-state index in [-0.39, 0.29) is 11.7 Å². The summed E-state index contributed by atoms with van der Waals surface area (Å²) in [6, 6.07) is 20.2. The molecule has 0 fully saturated rings. The summed E-state index contributed by atoms with van der Waals surface area (Å²) in [5.74, 6) is 0.926. The van der Waals surface area contributed by atoms with Crippen LogP contribution in [0.2, 0.25) is 0 Å². The number of hydrazone groups is 1. The number of carbonyl (C=O) groups is 1. The lowest BCUT2D eigenvalue weighted by atomic mass is 10.1. The van der Waals surface area contributed by atoms with Crippen molar-refractivity contribution in [3.63, 3.8) is 0 Å². The molecule has 0 radical (unpaired) electrons. The molecule has 29 heavy (non-hydrogen) atoms. The summed E-state index contributed by atoms with van der Waals surface area (Å²) >= 11 is 4.51. The topological polar surface area (TPSA) is 67.2 Å². The van der Waals surface area contributed by atoms with Crippen LogP contribution in [0.25, 0.3) is 6.08 Å². The Labute approximate surface area is 182 Å². The molecule has 1 heterocycles. The molecule has 1 N–H and O–H groups in total. The van der Waals surface area contributed by atoms with Gasteiger partial charge >= 0.3 is 0 Å². The quantitative estimate of drug-likeness (QED) is 0.284. The van der Waals surface area contributed by atoms with Crippen molar-refractivity contribution in [1.29, 1.82) is 0 Å². The lowest BCUT2D eigenvalue weighted by molar-refractivity contribution is -0.118. The predicted octanol–water partition coefficient (Wildman–Crippen LogP) is 5.13. The molecule has 8 heteroatoms. The first-order chi connectivity index (χ1) is 14.2. The van der Waals surface area contributed by atoms with Crippen LogP contribution in [0.4, 0.5) is 0 Å². The van der Waals surface area contributed by atoms with E-state index in [1.807, 2.05) is 61.5 Å². The second-order valence-electron chi connectivity index (χ2n) is 5.99. The number of thioether (sulfide) groups is 2. The van der Waals surface area contributed by atoms with Crippen molar-refractivity contribution in [2.24, 2.45) is 5.10 Å². The van der Waals surface area contributed by atoms with Crippen molar-refractivity contribution in [1.82, 2.24) is 15.6 Å². The number of carbonyl (C=O) groups excluding carboxylic acids is 1. The van der Waals surface area contributed by atoms with Crippen molar-refractivity contribution in [3.05, 3.63) is 77.4 Å². The minimum atomic E-state index is -0.174. The van der Waals surface area contributed by atoms with E-state index in [1.165, 1.54) is 28.7 Å². The van der Waals surface area contributed by atoms with Gasteiger partial charge in [0.2, 0.25) is 0 Å². The molecule has 3 rings (SSSR count). The number of nitrogens with one attached hydrogen (secondary N) is 1. The van der Waals surface area contributed by atoms with Crippen LogP contribution in [-0.4, -0.2) is 28.1 Å². The lowest BCUT2D eigenvalue weighted by Crippen LogP contribution is -2.19. The van der Waals surface area contributed by atoms with Gasteiger partial charge in [0.15, 0.2) is 8.68 Å². The standard InChI is InChI=1S/C21H20N4OS3/c1-16(12-17-8-4-2-5-9-17)13-22-23-19(26)15-28-21-25-24-20(29-21)27-14-18-10-6-3-7-11-18/h2-13H,14-15H2,1H3,(H,23,26)/b16-12+,22-13+. The first kappa shape index (κ1) is 21.3. The third-order valence-corrected chi connectivity index (χ3v) is 6.83. The Morgan fingerprint density at radius 2 is 1.69 bits per heavy atom. The molecule has 0 saturated carbocycles. The van der Waals surface area contributed by atoms with Gasteiger partial charge in [0.1, 0.15) is 0 Å². The number of hydrogen-bond acceptors (Lipinski definition) is 7. The molecule has 0 spiro atoms. The van der Waals surface area contributed by atoms with Gasteiger partial charge in [-0.15, -0.1) is 10.2 Å². The molecule has 1 aromatic heterocycles. The second kappa shape index (κ2) is 11.5. The molecule has 0 atom stereocenters. The van der Waals surface area contributed by atoms with E-state index in [2.05, 4.69) is 32.9 Å². The highest BCUT2D eigenvalue weighted by Gasteiger charge is 2.08. The smallest absolute Gasteiger partial charge is 0.250 e. The summed E-state index contributed by atoms with van der Waals surface area (Å²) in [4.78, 5) is 12.0. The van der Waals surface area contributed by atoms with Crippen molar-refractivity contribution in [2.75, 3.05) is 5.75 Å². The Morgan fingerprint density at radius 3 is 2.41 bits per heavy atom. The summed E-state index contributed by atoms with van der Waals surface area (Å²) in [5, 5.41) is 12.3. The van der Waals surface area contributed by atoms with Crippen LogP contribution in [0, 0.1) is 0 Å². The van der Waals surface area contributed by atoms with Gasteiger partial charge in [0.05, 0.1) is 12.0 Å². The Balaban J connectivity index is 1.39. The number of allylic oxidation sites excluding steroid dienone is 1. The van der Waals surface area contributed by atoms with E-state index in [0.717, 1.165) is 25.6 Å². The van der Waals surface area contributed by atoms with Crippen molar-refractivity contribution < 1.29 is 4.79 Å². The van der Waals surface area contributed by atoms with E-state index in [4.69, 9.17) is 0 Å². The fraction of sp³-hybridized carbons (Fsp3) is 0.143. The van der Waals surface area contributed by atoms with Crippen molar-refractivity contribution >= 4 is 53.1 Å². The number of nitrogens with zero attached hydrogens (tertiary/aromatic N) is 3. The molecule has 5 nitrogen and oxygen atoms in total. The molecule has 0 bridgehead atoms. The van der Waals surface area contributed by atoms with Gasteiger partial charge in [-0.25, -0.2) is 5.43 Å². The predicted molar refractivity (Wildman–Crippen MR) is 123 cm³/mol. The van der Waals surface area contributed by atoms with Crippen LogP contribution in [0.1, 0.15) is 18.1 Å². The molecule has 148 valence electrons. The summed E-state index contributed by atoms with van der Waals surface area (Å²) in [6.07, 6.45) is 3.64. The summed E-state index contributed by atoms with van der Waals surface area (Å²) in [7, 11) is 0. The average molecular weight is 441 g/mol. The van der Waals surface area contributed by atoms with Gasteiger partial charge in [0.25, 0.3) is 5.91 Å².